The Labute approximate surface area is 175 Å². The number of thiazole rings is 1. The monoisotopic (exact) mass is 426 g/mol. The number of nitro benzene ring substituents is 1. The van der Waals surface area contributed by atoms with Gasteiger partial charge in [-0.25, -0.2) is 9.78 Å². The van der Waals surface area contributed by atoms with Crippen LogP contribution in [0.1, 0.15) is 23.7 Å². The van der Waals surface area contributed by atoms with Crippen molar-refractivity contribution >= 4 is 39.7 Å². The van der Waals surface area contributed by atoms with E-state index in [1.807, 2.05) is 0 Å². The van der Waals surface area contributed by atoms with Crippen LogP contribution in [0, 0.1) is 10.1 Å². The third-order valence-corrected chi connectivity index (χ3v) is 4.90. The van der Waals surface area contributed by atoms with Gasteiger partial charge in [0.1, 0.15) is 0 Å². The zero-order valence-corrected chi connectivity index (χ0v) is 16.7. The molecular formula is C20H18N4O5S. The highest BCUT2D eigenvalue weighted by atomic mass is 32.1. The fourth-order valence-corrected chi connectivity index (χ4v) is 3.29. The second kappa shape index (κ2) is 9.14. The van der Waals surface area contributed by atoms with Crippen LogP contribution in [-0.4, -0.2) is 27.9 Å². The number of nitrogens with one attached hydrogen (secondary N) is 1. The number of anilines is 2. The molecule has 0 saturated heterocycles. The van der Waals surface area contributed by atoms with Crippen molar-refractivity contribution in [2.75, 3.05) is 11.1 Å². The summed E-state index contributed by atoms with van der Waals surface area (Å²) in [6, 6.07) is 12.2. The van der Waals surface area contributed by atoms with Gasteiger partial charge in [0, 0.05) is 28.8 Å². The summed E-state index contributed by atoms with van der Waals surface area (Å²) in [5.41, 5.74) is 7.40. The highest BCUT2D eigenvalue weighted by Crippen LogP contribution is 2.27. The number of esters is 1. The molecule has 154 valence electrons. The lowest BCUT2D eigenvalue weighted by atomic mass is 10.1. The van der Waals surface area contributed by atoms with Gasteiger partial charge in [0.15, 0.2) is 11.2 Å². The topological polar surface area (TPSA) is 137 Å². The van der Waals surface area contributed by atoms with E-state index < -0.39 is 22.9 Å². The zero-order valence-electron chi connectivity index (χ0n) is 15.9. The van der Waals surface area contributed by atoms with Crippen molar-refractivity contribution in [3.63, 3.8) is 0 Å². The summed E-state index contributed by atoms with van der Waals surface area (Å²) in [7, 11) is 0. The molecule has 0 saturated carbocycles. The minimum absolute atomic E-state index is 0.0493. The number of rotatable bonds is 7. The predicted octanol–water partition coefficient (Wildman–Crippen LogP) is 3.87. The SMILES string of the molecule is CCC(OC(=O)c1ccc(N)cc1)C(=O)Nc1nc(-c2cccc([N+](=O)[O-])c2)cs1. The van der Waals surface area contributed by atoms with E-state index in [0.29, 0.717) is 22.1 Å². The minimum atomic E-state index is -1.000. The van der Waals surface area contributed by atoms with Crippen LogP contribution in [0.25, 0.3) is 11.3 Å². The van der Waals surface area contributed by atoms with Gasteiger partial charge in [0.2, 0.25) is 0 Å². The lowest BCUT2D eigenvalue weighted by molar-refractivity contribution is -0.384. The van der Waals surface area contributed by atoms with Gasteiger partial charge in [-0.3, -0.25) is 20.2 Å². The van der Waals surface area contributed by atoms with Gasteiger partial charge in [-0.1, -0.05) is 19.1 Å². The molecule has 30 heavy (non-hydrogen) atoms. The Morgan fingerprint density at radius 3 is 2.67 bits per heavy atom. The Balaban J connectivity index is 1.67. The molecule has 0 spiro atoms. The summed E-state index contributed by atoms with van der Waals surface area (Å²) in [5, 5.41) is 15.5. The van der Waals surface area contributed by atoms with E-state index in [4.69, 9.17) is 10.5 Å². The summed E-state index contributed by atoms with van der Waals surface area (Å²) < 4.78 is 5.30. The van der Waals surface area contributed by atoms with Crippen molar-refractivity contribution in [3.05, 3.63) is 69.6 Å². The van der Waals surface area contributed by atoms with Crippen LogP contribution in [0.5, 0.6) is 0 Å². The summed E-state index contributed by atoms with van der Waals surface area (Å²) in [4.78, 5) is 39.5. The molecule has 1 amide bonds. The number of ether oxygens (including phenoxy) is 1. The Morgan fingerprint density at radius 2 is 2.00 bits per heavy atom. The van der Waals surface area contributed by atoms with Gasteiger partial charge < -0.3 is 10.5 Å². The summed E-state index contributed by atoms with van der Waals surface area (Å²) in [6.45, 7) is 1.72. The number of carbonyl (C=O) groups is 2. The molecule has 0 aliphatic rings. The molecule has 10 heteroatoms. The first-order valence-electron chi connectivity index (χ1n) is 8.95. The van der Waals surface area contributed by atoms with E-state index in [1.54, 1.807) is 36.6 Å². The van der Waals surface area contributed by atoms with Gasteiger partial charge in [0.25, 0.3) is 11.6 Å². The molecule has 1 atom stereocenters. The molecule has 0 fully saturated rings. The smallest absolute Gasteiger partial charge is 0.338 e. The lowest BCUT2D eigenvalue weighted by Crippen LogP contribution is -2.32. The number of nitrogen functional groups attached to an aromatic ring is 1. The molecule has 0 aliphatic heterocycles. The predicted molar refractivity (Wildman–Crippen MR) is 113 cm³/mol. The van der Waals surface area contributed by atoms with Gasteiger partial charge in [-0.05, 0) is 30.7 Å². The van der Waals surface area contributed by atoms with Crippen LogP contribution in [0.15, 0.2) is 53.9 Å². The lowest BCUT2D eigenvalue weighted by Gasteiger charge is -2.15. The Morgan fingerprint density at radius 1 is 1.27 bits per heavy atom. The van der Waals surface area contributed by atoms with E-state index in [1.165, 1.54) is 24.3 Å². The van der Waals surface area contributed by atoms with Crippen LogP contribution >= 0.6 is 11.3 Å². The third kappa shape index (κ3) is 4.97. The maximum atomic E-state index is 12.5. The fraction of sp³-hybridized carbons (Fsp3) is 0.150. The van der Waals surface area contributed by atoms with E-state index in [9.17, 15) is 19.7 Å². The number of nitrogens with two attached hydrogens (primary N) is 1. The molecule has 1 heterocycles. The molecule has 3 rings (SSSR count). The first-order valence-corrected chi connectivity index (χ1v) is 9.83. The first-order chi connectivity index (χ1) is 14.4. The maximum Gasteiger partial charge on any atom is 0.338 e. The second-order valence-electron chi connectivity index (χ2n) is 6.26. The normalized spacial score (nSPS) is 11.5. The van der Waals surface area contributed by atoms with E-state index >= 15 is 0 Å². The molecular weight excluding hydrogens is 408 g/mol. The van der Waals surface area contributed by atoms with Gasteiger partial charge in [-0.2, -0.15) is 0 Å². The number of carbonyl (C=O) groups excluding carboxylic acids is 2. The molecule has 2 aromatic carbocycles. The molecule has 1 aromatic heterocycles. The average Bonchev–Trinajstić information content (AvgIpc) is 3.20. The van der Waals surface area contributed by atoms with Crippen molar-refractivity contribution in [3.8, 4) is 11.3 Å². The summed E-state index contributed by atoms with van der Waals surface area (Å²) in [6.07, 6.45) is -0.726. The zero-order chi connectivity index (χ0) is 21.7. The first kappa shape index (κ1) is 20.9. The van der Waals surface area contributed by atoms with Crippen molar-refractivity contribution in [1.29, 1.82) is 0 Å². The molecule has 1 unspecified atom stereocenters. The maximum absolute atomic E-state index is 12.5. The van der Waals surface area contributed by atoms with Gasteiger partial charge >= 0.3 is 5.97 Å². The molecule has 0 aliphatic carbocycles. The van der Waals surface area contributed by atoms with Gasteiger partial charge in [-0.15, -0.1) is 11.3 Å². The van der Waals surface area contributed by atoms with Gasteiger partial charge in [0.05, 0.1) is 16.2 Å². The number of amides is 1. The fourth-order valence-electron chi connectivity index (χ4n) is 2.57. The van der Waals surface area contributed by atoms with Crippen molar-refractivity contribution in [2.24, 2.45) is 0 Å². The highest BCUT2D eigenvalue weighted by molar-refractivity contribution is 7.14. The Bertz CT molecular complexity index is 1080. The van der Waals surface area contributed by atoms with E-state index in [-0.39, 0.29) is 17.7 Å². The van der Waals surface area contributed by atoms with Crippen LogP contribution in [0.3, 0.4) is 0 Å². The number of nitrogens with zero attached hydrogens (tertiary/aromatic N) is 2. The van der Waals surface area contributed by atoms with Crippen molar-refractivity contribution < 1.29 is 19.2 Å². The Kier molecular flexibility index (Phi) is 6.38. The van der Waals surface area contributed by atoms with E-state index in [2.05, 4.69) is 10.3 Å². The minimum Gasteiger partial charge on any atom is -0.449 e. The Hall–Kier alpha value is -3.79. The largest absolute Gasteiger partial charge is 0.449 e. The number of benzene rings is 2. The summed E-state index contributed by atoms with van der Waals surface area (Å²) in [5.74, 6) is -1.14. The number of aromatic nitrogens is 1. The molecule has 0 radical (unpaired) electrons. The van der Waals surface area contributed by atoms with Crippen molar-refractivity contribution in [2.45, 2.75) is 19.4 Å². The molecule has 3 aromatic rings. The number of hydrogen-bond donors (Lipinski definition) is 2. The van der Waals surface area contributed by atoms with Crippen LogP contribution < -0.4 is 11.1 Å². The summed E-state index contributed by atoms with van der Waals surface area (Å²) >= 11 is 1.16. The molecule has 3 N–H and O–H groups in total. The average molecular weight is 426 g/mol. The standard InChI is InChI=1S/C20H18N4O5S/c1-2-17(29-19(26)12-6-8-14(21)9-7-12)18(25)23-20-22-16(11-30-20)13-4-3-5-15(10-13)24(27)28/h3-11,17H,2,21H2,1H3,(H,22,23,25). The van der Waals surface area contributed by atoms with Crippen LogP contribution in [-0.2, 0) is 9.53 Å². The molecule has 9 nitrogen and oxygen atoms in total. The highest BCUT2D eigenvalue weighted by Gasteiger charge is 2.23. The van der Waals surface area contributed by atoms with Crippen LogP contribution in [0.4, 0.5) is 16.5 Å². The van der Waals surface area contributed by atoms with Crippen molar-refractivity contribution in [1.82, 2.24) is 4.98 Å². The number of nitro groups is 1. The second-order valence-corrected chi connectivity index (χ2v) is 7.12. The van der Waals surface area contributed by atoms with E-state index in [0.717, 1.165) is 11.3 Å². The number of hydrogen-bond acceptors (Lipinski definition) is 8. The quantitative estimate of drug-likeness (QED) is 0.253. The third-order valence-electron chi connectivity index (χ3n) is 4.15. The molecule has 0 bridgehead atoms. The van der Waals surface area contributed by atoms with Crippen LogP contribution in [0.2, 0.25) is 0 Å². The number of non-ortho nitro benzene ring substituents is 1.